The largest absolute Gasteiger partial charge is 0.493 e. The highest BCUT2D eigenvalue weighted by molar-refractivity contribution is 5.97. The van der Waals surface area contributed by atoms with Crippen molar-refractivity contribution in [2.75, 3.05) is 27.8 Å². The number of rotatable bonds is 6. The van der Waals surface area contributed by atoms with Crippen LogP contribution in [0.15, 0.2) is 54.1 Å². The van der Waals surface area contributed by atoms with Crippen molar-refractivity contribution in [2.24, 2.45) is 11.3 Å². The Balaban J connectivity index is 1.32. The fourth-order valence-electron chi connectivity index (χ4n) is 9.27. The molecule has 0 N–H and O–H groups in total. The molecule has 2 spiro atoms. The highest BCUT2D eigenvalue weighted by Crippen LogP contribution is 2.75. The lowest BCUT2D eigenvalue weighted by Crippen LogP contribution is -2.79. The third kappa shape index (κ3) is 2.79. The summed E-state index contributed by atoms with van der Waals surface area (Å²) in [5.74, 6) is 1.94. The maximum atomic E-state index is 14.4. The Morgan fingerprint density at radius 3 is 2.60 bits per heavy atom. The molecule has 9 rings (SSSR count). The molecule has 2 saturated carbocycles. The molecule has 5 aliphatic carbocycles. The first kappa shape index (κ1) is 24.5. The molecule has 208 valence electrons. The minimum Gasteiger partial charge on any atom is -0.493 e. The lowest BCUT2D eigenvalue weighted by atomic mass is 9.37. The van der Waals surface area contributed by atoms with E-state index >= 15 is 0 Å². The van der Waals surface area contributed by atoms with Crippen LogP contribution in [0.3, 0.4) is 0 Å². The van der Waals surface area contributed by atoms with E-state index < -0.39 is 11.0 Å². The Morgan fingerprint density at radius 2 is 1.88 bits per heavy atom. The van der Waals surface area contributed by atoms with Crippen LogP contribution in [0.2, 0.25) is 0 Å². The molecule has 40 heavy (non-hydrogen) atoms. The van der Waals surface area contributed by atoms with Crippen molar-refractivity contribution < 1.29 is 23.8 Å². The number of fused-ring (bicyclic) bond motifs is 1. The topological polar surface area (TPSA) is 68.3 Å². The minimum absolute atomic E-state index is 0.00956. The molecular weight excluding hydrogens is 504 g/mol. The Kier molecular flexibility index (Phi) is 4.97. The zero-order valence-electron chi connectivity index (χ0n) is 23.4. The number of methoxy groups -OCH3 is 2. The summed E-state index contributed by atoms with van der Waals surface area (Å²) in [5, 5.41) is 0. The summed E-state index contributed by atoms with van der Waals surface area (Å²) in [7, 11) is 5.28. The van der Waals surface area contributed by atoms with Gasteiger partial charge in [-0.05, 0) is 55.7 Å². The number of piperidine rings is 1. The molecule has 7 nitrogen and oxygen atoms in total. The Bertz CT molecular complexity index is 1470. The third-order valence-corrected chi connectivity index (χ3v) is 11.1. The van der Waals surface area contributed by atoms with E-state index in [2.05, 4.69) is 17.0 Å². The number of nitrogens with zero attached hydrogens (tertiary/aromatic N) is 2. The maximum Gasteiger partial charge on any atom is 0.252 e. The standard InChI is InChI=1S/C33H36N2O5/c1-34(19-20-7-5-4-6-8-20)29(37)23-18-31-13-14-33(23,39-3)30-32(31)15-16-35(28(36)21-9-10-21)25(31)17-22-11-12-24(38-2)27(40-30)26(22)32/h4-8,11-12,18,21,25,30H,9-10,13-17,19H2,1-3H3/t25-,30-,31-,32+,33-/m1/s1. The molecule has 0 radical (unpaired) electrons. The summed E-state index contributed by atoms with van der Waals surface area (Å²) in [6.45, 7) is 1.22. The first-order valence-electron chi connectivity index (χ1n) is 14.7. The summed E-state index contributed by atoms with van der Waals surface area (Å²) >= 11 is 0. The van der Waals surface area contributed by atoms with Gasteiger partial charge in [-0.15, -0.1) is 0 Å². The van der Waals surface area contributed by atoms with Crippen molar-refractivity contribution in [1.82, 2.24) is 9.80 Å². The average molecular weight is 541 g/mol. The van der Waals surface area contributed by atoms with Crippen molar-refractivity contribution in [3.63, 3.8) is 0 Å². The fraction of sp³-hybridized carbons (Fsp3) is 0.515. The Hall–Kier alpha value is -3.32. The number of likely N-dealkylation sites (N-methyl/N-ethyl adjacent to an activating group) is 1. The van der Waals surface area contributed by atoms with Crippen molar-refractivity contribution in [2.45, 2.75) is 68.2 Å². The molecule has 2 aromatic carbocycles. The summed E-state index contributed by atoms with van der Waals surface area (Å²) in [4.78, 5) is 32.1. The van der Waals surface area contributed by atoms with Crippen LogP contribution in [0.5, 0.6) is 11.5 Å². The molecule has 7 heteroatoms. The molecule has 2 heterocycles. The Labute approximate surface area is 235 Å². The van der Waals surface area contributed by atoms with E-state index in [1.54, 1.807) is 19.1 Å². The summed E-state index contributed by atoms with van der Waals surface area (Å²) in [5.41, 5.74) is 2.58. The van der Waals surface area contributed by atoms with Crippen LogP contribution in [0, 0.1) is 11.3 Å². The highest BCUT2D eigenvalue weighted by Gasteiger charge is 2.79. The number of carbonyl (C=O) groups excluding carboxylic acids is 2. The van der Waals surface area contributed by atoms with Crippen LogP contribution >= 0.6 is 0 Å². The van der Waals surface area contributed by atoms with Crippen molar-refractivity contribution in [3.05, 3.63) is 70.8 Å². The van der Waals surface area contributed by atoms with Gasteiger partial charge in [-0.25, -0.2) is 0 Å². The first-order chi connectivity index (χ1) is 19.4. The minimum atomic E-state index is -0.879. The van der Waals surface area contributed by atoms with Gasteiger partial charge in [-0.1, -0.05) is 42.5 Å². The number of likely N-dealkylation sites (tertiary alicyclic amines) is 1. The van der Waals surface area contributed by atoms with E-state index in [4.69, 9.17) is 14.2 Å². The van der Waals surface area contributed by atoms with Gasteiger partial charge in [0, 0.05) is 55.8 Å². The number of carbonyl (C=O) groups is 2. The van der Waals surface area contributed by atoms with Crippen molar-refractivity contribution >= 4 is 11.8 Å². The molecule has 2 aliphatic heterocycles. The van der Waals surface area contributed by atoms with Crippen LogP contribution < -0.4 is 9.47 Å². The Morgan fingerprint density at radius 1 is 1.07 bits per heavy atom. The second-order valence-electron chi connectivity index (χ2n) is 12.7. The molecule has 0 aromatic heterocycles. The number of ether oxygens (including phenoxy) is 3. The zero-order chi connectivity index (χ0) is 27.4. The monoisotopic (exact) mass is 540 g/mol. The third-order valence-electron chi connectivity index (χ3n) is 11.1. The first-order valence-corrected chi connectivity index (χ1v) is 14.7. The molecule has 5 atom stereocenters. The van der Waals surface area contributed by atoms with Gasteiger partial charge in [-0.3, -0.25) is 9.59 Å². The van der Waals surface area contributed by atoms with Gasteiger partial charge >= 0.3 is 0 Å². The molecule has 2 amide bonds. The molecule has 7 aliphatic rings. The van der Waals surface area contributed by atoms with Gasteiger partial charge in [0.15, 0.2) is 11.5 Å². The lowest BCUT2D eigenvalue weighted by Gasteiger charge is -2.70. The number of benzene rings is 2. The van der Waals surface area contributed by atoms with E-state index in [1.165, 1.54) is 11.1 Å². The number of hydrogen-bond acceptors (Lipinski definition) is 5. The molecule has 2 aromatic rings. The fourth-order valence-corrected chi connectivity index (χ4v) is 9.27. The zero-order valence-corrected chi connectivity index (χ0v) is 23.4. The quantitative estimate of drug-likeness (QED) is 0.554. The predicted octanol–water partition coefficient (Wildman–Crippen LogP) is 4.03. The number of hydrogen-bond donors (Lipinski definition) is 0. The van der Waals surface area contributed by atoms with Crippen LogP contribution in [-0.2, 0) is 32.7 Å². The highest BCUT2D eigenvalue weighted by atomic mass is 16.6. The van der Waals surface area contributed by atoms with Crippen molar-refractivity contribution in [1.29, 1.82) is 0 Å². The van der Waals surface area contributed by atoms with Gasteiger partial charge in [0.25, 0.3) is 5.91 Å². The van der Waals surface area contributed by atoms with Gasteiger partial charge < -0.3 is 24.0 Å². The van der Waals surface area contributed by atoms with Crippen molar-refractivity contribution in [3.8, 4) is 11.5 Å². The summed E-state index contributed by atoms with van der Waals surface area (Å²) in [6.07, 6.45) is 6.97. The van der Waals surface area contributed by atoms with Crippen LogP contribution in [0.25, 0.3) is 0 Å². The SMILES string of the molecule is COc1ccc2c3c1O[C@@H]1[C@]34CCN(C(=O)C3CC3)[C@H](C2)[C@@]42C=C(C(=O)N(C)Cc3ccccc3)[C@]1(OC)CC2. The molecule has 4 bridgehead atoms. The normalized spacial score (nSPS) is 34.1. The van der Waals surface area contributed by atoms with E-state index in [-0.39, 0.29) is 29.4 Å². The van der Waals surface area contributed by atoms with Crippen LogP contribution in [-0.4, -0.2) is 67.2 Å². The van der Waals surface area contributed by atoms with Gasteiger partial charge in [0.1, 0.15) is 11.7 Å². The lowest BCUT2D eigenvalue weighted by molar-refractivity contribution is -0.199. The van der Waals surface area contributed by atoms with Gasteiger partial charge in [0.2, 0.25) is 5.91 Å². The second-order valence-corrected chi connectivity index (χ2v) is 12.7. The second kappa shape index (κ2) is 8.12. The van der Waals surface area contributed by atoms with E-state index in [0.717, 1.165) is 49.2 Å². The molecule has 0 unspecified atom stereocenters. The molecule has 3 fully saturated rings. The summed E-state index contributed by atoms with van der Waals surface area (Å²) in [6, 6.07) is 14.2. The predicted molar refractivity (Wildman–Crippen MR) is 148 cm³/mol. The smallest absolute Gasteiger partial charge is 0.252 e. The van der Waals surface area contributed by atoms with E-state index in [1.807, 2.05) is 43.4 Å². The molecular formula is C33H36N2O5. The van der Waals surface area contributed by atoms with E-state index in [9.17, 15) is 9.59 Å². The van der Waals surface area contributed by atoms with Gasteiger partial charge in [-0.2, -0.15) is 0 Å². The van der Waals surface area contributed by atoms with E-state index in [0.29, 0.717) is 31.0 Å². The maximum absolute atomic E-state index is 14.4. The average Bonchev–Trinajstić information content (AvgIpc) is 3.77. The van der Waals surface area contributed by atoms with Gasteiger partial charge in [0.05, 0.1) is 12.5 Å². The summed E-state index contributed by atoms with van der Waals surface area (Å²) < 4.78 is 19.3. The molecule has 1 saturated heterocycles. The van der Waals surface area contributed by atoms with Crippen LogP contribution in [0.4, 0.5) is 0 Å². The van der Waals surface area contributed by atoms with Crippen LogP contribution in [0.1, 0.15) is 48.8 Å². The number of amides is 2.